The molecule has 1 rings (SSSR count). The summed E-state index contributed by atoms with van der Waals surface area (Å²) in [4.78, 5) is 16.1. The van der Waals surface area contributed by atoms with Gasteiger partial charge in [0.05, 0.1) is 11.1 Å². The van der Waals surface area contributed by atoms with Crippen LogP contribution >= 0.6 is 0 Å². The molecule has 0 atom stereocenters. The summed E-state index contributed by atoms with van der Waals surface area (Å²) in [5, 5.41) is 12.7. The minimum Gasteiger partial charge on any atom is -0.388 e. The molecule has 94 valence electrons. The van der Waals surface area contributed by atoms with Crippen LogP contribution in [0.1, 0.15) is 43.9 Å². The van der Waals surface area contributed by atoms with Gasteiger partial charge in [-0.15, -0.1) is 0 Å². The van der Waals surface area contributed by atoms with Crippen molar-refractivity contribution in [3.8, 4) is 0 Å². The van der Waals surface area contributed by atoms with Crippen LogP contribution in [0.4, 0.5) is 0 Å². The molecule has 1 amide bonds. The summed E-state index contributed by atoms with van der Waals surface area (Å²) < 4.78 is 0. The Morgan fingerprint density at radius 2 is 1.88 bits per heavy atom. The maximum atomic E-state index is 12.0. The van der Waals surface area contributed by atoms with Gasteiger partial charge in [-0.3, -0.25) is 4.79 Å². The average molecular weight is 236 g/mol. The van der Waals surface area contributed by atoms with Crippen molar-refractivity contribution in [2.45, 2.75) is 45.8 Å². The van der Waals surface area contributed by atoms with Crippen LogP contribution in [0.2, 0.25) is 0 Å². The van der Waals surface area contributed by atoms with E-state index < -0.39 is 11.1 Å². The number of hydrogen-bond acceptors (Lipinski definition) is 3. The van der Waals surface area contributed by atoms with Crippen LogP contribution in [0.25, 0.3) is 0 Å². The Labute approximate surface area is 102 Å². The van der Waals surface area contributed by atoms with E-state index in [4.69, 9.17) is 0 Å². The van der Waals surface area contributed by atoms with Crippen LogP contribution < -0.4 is 5.32 Å². The van der Waals surface area contributed by atoms with Crippen LogP contribution in [0.5, 0.6) is 0 Å². The Balaban J connectivity index is 2.87. The van der Waals surface area contributed by atoms with E-state index in [0.717, 1.165) is 5.69 Å². The normalized spacial score (nSPS) is 12.4. The molecule has 1 aromatic rings. The molecule has 0 aliphatic carbocycles. The topological polar surface area (TPSA) is 62.2 Å². The molecule has 0 aromatic carbocycles. The van der Waals surface area contributed by atoms with Crippen LogP contribution in [0.3, 0.4) is 0 Å². The molecular formula is C13H20N2O2. The maximum Gasteiger partial charge on any atom is 0.270 e. The lowest BCUT2D eigenvalue weighted by molar-refractivity contribution is -0.00302. The van der Waals surface area contributed by atoms with Gasteiger partial charge in [0.2, 0.25) is 0 Å². The number of rotatable bonds is 3. The lowest BCUT2D eigenvalue weighted by atomic mass is 9.86. The second-order valence-electron chi connectivity index (χ2n) is 5.30. The molecule has 0 fully saturated rings. The van der Waals surface area contributed by atoms with Gasteiger partial charge < -0.3 is 10.4 Å². The summed E-state index contributed by atoms with van der Waals surface area (Å²) in [5.74, 6) is -0.277. The van der Waals surface area contributed by atoms with Crippen molar-refractivity contribution in [3.63, 3.8) is 0 Å². The van der Waals surface area contributed by atoms with Crippen molar-refractivity contribution in [2.75, 3.05) is 0 Å². The minimum atomic E-state index is -1.01. The third-order valence-electron chi connectivity index (χ3n) is 3.08. The van der Waals surface area contributed by atoms with Gasteiger partial charge in [0.15, 0.2) is 0 Å². The SMILES string of the molecule is Cc1cccc(C(=O)NC(C)(C)C(C)(C)O)n1. The summed E-state index contributed by atoms with van der Waals surface area (Å²) in [5.41, 5.74) is -0.580. The first-order valence-corrected chi connectivity index (χ1v) is 5.62. The zero-order chi connectivity index (χ0) is 13.3. The summed E-state index contributed by atoms with van der Waals surface area (Å²) in [6, 6.07) is 5.27. The van der Waals surface area contributed by atoms with E-state index in [-0.39, 0.29) is 5.91 Å². The molecule has 0 spiro atoms. The average Bonchev–Trinajstić information content (AvgIpc) is 2.15. The first kappa shape index (κ1) is 13.6. The first-order valence-electron chi connectivity index (χ1n) is 5.62. The molecular weight excluding hydrogens is 216 g/mol. The highest BCUT2D eigenvalue weighted by atomic mass is 16.3. The van der Waals surface area contributed by atoms with Gasteiger partial charge in [-0.2, -0.15) is 0 Å². The number of nitrogens with zero attached hydrogens (tertiary/aromatic N) is 1. The van der Waals surface area contributed by atoms with Crippen molar-refractivity contribution < 1.29 is 9.90 Å². The van der Waals surface area contributed by atoms with Crippen molar-refractivity contribution in [1.82, 2.24) is 10.3 Å². The summed E-state index contributed by atoms with van der Waals surface area (Å²) in [7, 11) is 0. The zero-order valence-corrected chi connectivity index (χ0v) is 11.0. The Bertz CT molecular complexity index is 420. The number of carbonyl (C=O) groups is 1. The van der Waals surface area contributed by atoms with Crippen LogP contribution in [0, 0.1) is 6.92 Å². The van der Waals surface area contributed by atoms with Gasteiger partial charge in [0.25, 0.3) is 5.91 Å². The number of nitrogens with one attached hydrogen (secondary N) is 1. The fourth-order valence-corrected chi connectivity index (χ4v) is 1.17. The molecule has 0 unspecified atom stereocenters. The van der Waals surface area contributed by atoms with Crippen molar-refractivity contribution in [1.29, 1.82) is 0 Å². The lowest BCUT2D eigenvalue weighted by Crippen LogP contribution is -2.57. The monoisotopic (exact) mass is 236 g/mol. The molecule has 1 aromatic heterocycles. The fourth-order valence-electron chi connectivity index (χ4n) is 1.17. The van der Waals surface area contributed by atoms with E-state index in [1.807, 2.05) is 13.0 Å². The highest BCUT2D eigenvalue weighted by Crippen LogP contribution is 2.20. The Morgan fingerprint density at radius 3 is 2.35 bits per heavy atom. The summed E-state index contributed by atoms with van der Waals surface area (Å²) >= 11 is 0. The van der Waals surface area contributed by atoms with E-state index in [1.54, 1.807) is 39.8 Å². The van der Waals surface area contributed by atoms with Gasteiger partial charge in [-0.05, 0) is 46.8 Å². The van der Waals surface area contributed by atoms with Gasteiger partial charge in [-0.25, -0.2) is 4.98 Å². The lowest BCUT2D eigenvalue weighted by Gasteiger charge is -2.37. The van der Waals surface area contributed by atoms with Crippen LogP contribution in [0.15, 0.2) is 18.2 Å². The Kier molecular flexibility index (Phi) is 3.57. The largest absolute Gasteiger partial charge is 0.388 e. The number of hydrogen-bond donors (Lipinski definition) is 2. The molecule has 4 nitrogen and oxygen atoms in total. The molecule has 0 aliphatic heterocycles. The van der Waals surface area contributed by atoms with Crippen molar-refractivity contribution >= 4 is 5.91 Å². The number of aliphatic hydroxyl groups is 1. The van der Waals surface area contributed by atoms with E-state index in [2.05, 4.69) is 10.3 Å². The van der Waals surface area contributed by atoms with E-state index >= 15 is 0 Å². The van der Waals surface area contributed by atoms with Gasteiger partial charge in [0.1, 0.15) is 5.69 Å². The van der Waals surface area contributed by atoms with E-state index in [1.165, 1.54) is 0 Å². The molecule has 0 aliphatic rings. The van der Waals surface area contributed by atoms with Crippen molar-refractivity contribution in [3.05, 3.63) is 29.6 Å². The van der Waals surface area contributed by atoms with Crippen molar-refractivity contribution in [2.24, 2.45) is 0 Å². The summed E-state index contributed by atoms with van der Waals surface area (Å²) in [6.45, 7) is 8.72. The van der Waals surface area contributed by atoms with E-state index in [9.17, 15) is 9.90 Å². The molecule has 4 heteroatoms. The standard InChI is InChI=1S/C13H20N2O2/c1-9-7-6-8-10(14-9)11(16)15-12(2,3)13(4,5)17/h6-8,17H,1-5H3,(H,15,16). The number of carbonyl (C=O) groups excluding carboxylic acids is 1. The third kappa shape index (κ3) is 3.27. The first-order chi connectivity index (χ1) is 7.63. The quantitative estimate of drug-likeness (QED) is 0.839. The fraction of sp³-hybridized carbons (Fsp3) is 0.538. The predicted octanol–water partition coefficient (Wildman–Crippen LogP) is 1.67. The molecule has 0 bridgehead atoms. The van der Waals surface area contributed by atoms with Crippen LogP contribution in [-0.2, 0) is 0 Å². The predicted molar refractivity (Wildman–Crippen MR) is 66.8 cm³/mol. The number of pyridine rings is 1. The Morgan fingerprint density at radius 1 is 1.29 bits per heavy atom. The zero-order valence-electron chi connectivity index (χ0n) is 11.0. The Hall–Kier alpha value is -1.42. The number of aromatic nitrogens is 1. The minimum absolute atomic E-state index is 0.277. The molecule has 0 saturated heterocycles. The highest BCUT2D eigenvalue weighted by Gasteiger charge is 2.36. The second kappa shape index (κ2) is 4.45. The van der Waals surface area contributed by atoms with Crippen LogP contribution in [-0.4, -0.2) is 27.1 Å². The molecule has 1 heterocycles. The van der Waals surface area contributed by atoms with Gasteiger partial charge >= 0.3 is 0 Å². The smallest absolute Gasteiger partial charge is 0.270 e. The van der Waals surface area contributed by atoms with Gasteiger partial charge in [-0.1, -0.05) is 6.07 Å². The second-order valence-corrected chi connectivity index (χ2v) is 5.30. The highest BCUT2D eigenvalue weighted by molar-refractivity contribution is 5.92. The number of amides is 1. The third-order valence-corrected chi connectivity index (χ3v) is 3.08. The summed E-state index contributed by atoms with van der Waals surface area (Å²) in [6.07, 6.45) is 0. The molecule has 0 saturated carbocycles. The van der Waals surface area contributed by atoms with E-state index in [0.29, 0.717) is 5.69 Å². The van der Waals surface area contributed by atoms with Gasteiger partial charge in [0, 0.05) is 5.69 Å². The molecule has 17 heavy (non-hydrogen) atoms. The number of aryl methyl sites for hydroxylation is 1. The molecule has 0 radical (unpaired) electrons. The molecule has 2 N–H and O–H groups in total. The maximum absolute atomic E-state index is 12.0.